The molecule has 4 heteroatoms. The Labute approximate surface area is 287 Å². The number of furan rings is 1. The molecule has 1 aliphatic heterocycles. The normalized spacial score (nSPS) is 12.7. The van der Waals surface area contributed by atoms with Crippen molar-refractivity contribution in [3.05, 3.63) is 175 Å². The van der Waals surface area contributed by atoms with Gasteiger partial charge in [0.25, 0.3) is 0 Å². The van der Waals surface area contributed by atoms with Gasteiger partial charge in [-0.3, -0.25) is 0 Å². The first kappa shape index (κ1) is 28.0. The molecular weight excluding hydrogens is 619 g/mol. The molecule has 0 fully saturated rings. The average molecular weight is 648 g/mol. The molecule has 0 saturated heterocycles. The average Bonchev–Trinajstić information content (AvgIpc) is 3.74. The van der Waals surface area contributed by atoms with Gasteiger partial charge >= 0.3 is 0 Å². The quantitative estimate of drug-likeness (QED) is 0.186. The van der Waals surface area contributed by atoms with Crippen molar-refractivity contribution in [2.24, 2.45) is 0 Å². The number of hydrogen-bond donors (Lipinski definition) is 0. The Balaban J connectivity index is 1.13. The van der Waals surface area contributed by atoms with E-state index in [1.54, 1.807) is 0 Å². The fraction of sp³-hybridized carbons (Fsp3) is 0.0222. The SMILES string of the molecule is C1=C(c2ccccc2)Oc2ccc3oc4ccc(N(c5ccc(-c6ccccc6)cc5)c5ccc6c(c5)sc5ccccc56)cc4c3c2C1. The van der Waals surface area contributed by atoms with Crippen molar-refractivity contribution in [1.82, 2.24) is 0 Å². The molecule has 0 atom stereocenters. The first-order valence-electron chi connectivity index (χ1n) is 16.6. The third kappa shape index (κ3) is 4.72. The molecule has 0 spiro atoms. The van der Waals surface area contributed by atoms with Crippen molar-refractivity contribution in [2.75, 3.05) is 4.90 Å². The van der Waals surface area contributed by atoms with Gasteiger partial charge in [-0.15, -0.1) is 11.3 Å². The van der Waals surface area contributed by atoms with E-state index in [2.05, 4.69) is 138 Å². The molecule has 7 aromatic carbocycles. The molecule has 0 N–H and O–H groups in total. The number of thiophene rings is 1. The molecule has 3 heterocycles. The van der Waals surface area contributed by atoms with Crippen LogP contribution in [0.5, 0.6) is 5.75 Å². The van der Waals surface area contributed by atoms with Gasteiger partial charge in [-0.05, 0) is 84.3 Å². The van der Waals surface area contributed by atoms with Crippen molar-refractivity contribution >= 4 is 76.3 Å². The highest BCUT2D eigenvalue weighted by atomic mass is 32.1. The van der Waals surface area contributed by atoms with E-state index in [4.69, 9.17) is 9.15 Å². The third-order valence-corrected chi connectivity index (χ3v) is 10.7. The Hall–Kier alpha value is -6.10. The second kappa shape index (κ2) is 11.3. The van der Waals surface area contributed by atoms with E-state index in [1.807, 2.05) is 41.7 Å². The Kier molecular flexibility index (Phi) is 6.42. The fourth-order valence-electron chi connectivity index (χ4n) is 7.21. The van der Waals surface area contributed by atoms with Gasteiger partial charge in [0.2, 0.25) is 0 Å². The second-order valence-corrected chi connectivity index (χ2v) is 13.5. The molecule has 9 aromatic rings. The van der Waals surface area contributed by atoms with E-state index in [0.29, 0.717) is 0 Å². The van der Waals surface area contributed by atoms with Crippen LogP contribution < -0.4 is 9.64 Å². The van der Waals surface area contributed by atoms with Gasteiger partial charge in [0.05, 0.1) is 0 Å². The highest BCUT2D eigenvalue weighted by molar-refractivity contribution is 7.25. The lowest BCUT2D eigenvalue weighted by Gasteiger charge is -2.26. The summed E-state index contributed by atoms with van der Waals surface area (Å²) in [6.45, 7) is 0. The predicted octanol–water partition coefficient (Wildman–Crippen LogP) is 13.1. The van der Waals surface area contributed by atoms with E-state index in [-0.39, 0.29) is 0 Å². The number of nitrogens with zero attached hydrogens (tertiary/aromatic N) is 1. The Morgan fingerprint density at radius 1 is 0.490 bits per heavy atom. The third-order valence-electron chi connectivity index (χ3n) is 9.57. The molecule has 49 heavy (non-hydrogen) atoms. The van der Waals surface area contributed by atoms with Crippen LogP contribution in [0, 0.1) is 0 Å². The van der Waals surface area contributed by atoms with Crippen molar-refractivity contribution in [1.29, 1.82) is 0 Å². The minimum Gasteiger partial charge on any atom is -0.457 e. The van der Waals surface area contributed by atoms with Crippen molar-refractivity contribution < 1.29 is 9.15 Å². The molecule has 10 rings (SSSR count). The van der Waals surface area contributed by atoms with E-state index >= 15 is 0 Å². The lowest BCUT2D eigenvalue weighted by molar-refractivity contribution is 0.499. The number of benzene rings is 7. The van der Waals surface area contributed by atoms with Gasteiger partial charge in [0.15, 0.2) is 0 Å². The van der Waals surface area contributed by atoms with Crippen LogP contribution in [0.3, 0.4) is 0 Å². The first-order valence-corrected chi connectivity index (χ1v) is 17.4. The maximum Gasteiger partial charge on any atom is 0.135 e. The molecule has 0 amide bonds. The van der Waals surface area contributed by atoms with Crippen LogP contribution in [0.4, 0.5) is 17.1 Å². The Morgan fingerprint density at radius 3 is 1.98 bits per heavy atom. The fourth-order valence-corrected chi connectivity index (χ4v) is 8.35. The van der Waals surface area contributed by atoms with E-state index < -0.39 is 0 Å². The summed E-state index contributed by atoms with van der Waals surface area (Å²) in [5, 5.41) is 4.78. The Bertz CT molecular complexity index is 2700. The minimum absolute atomic E-state index is 0.767. The minimum atomic E-state index is 0.767. The van der Waals surface area contributed by atoms with Crippen LogP contribution in [-0.4, -0.2) is 0 Å². The lowest BCUT2D eigenvalue weighted by Crippen LogP contribution is -2.09. The number of ether oxygens (including phenoxy) is 1. The smallest absolute Gasteiger partial charge is 0.135 e. The zero-order valence-corrected chi connectivity index (χ0v) is 27.3. The summed E-state index contributed by atoms with van der Waals surface area (Å²) >= 11 is 1.84. The number of rotatable bonds is 5. The highest BCUT2D eigenvalue weighted by Gasteiger charge is 2.22. The van der Waals surface area contributed by atoms with Gasteiger partial charge in [0, 0.05) is 59.1 Å². The van der Waals surface area contributed by atoms with Gasteiger partial charge in [-0.25, -0.2) is 0 Å². The van der Waals surface area contributed by atoms with E-state index in [1.165, 1.54) is 31.3 Å². The number of hydrogen-bond acceptors (Lipinski definition) is 4. The summed E-state index contributed by atoms with van der Waals surface area (Å²) < 4.78 is 15.5. The van der Waals surface area contributed by atoms with Crippen LogP contribution >= 0.6 is 11.3 Å². The van der Waals surface area contributed by atoms with Crippen LogP contribution in [0.15, 0.2) is 168 Å². The summed E-state index contributed by atoms with van der Waals surface area (Å²) in [4.78, 5) is 2.36. The summed E-state index contributed by atoms with van der Waals surface area (Å²) in [6, 6.07) is 55.8. The van der Waals surface area contributed by atoms with Gasteiger partial charge < -0.3 is 14.1 Å². The monoisotopic (exact) mass is 647 g/mol. The molecule has 1 aliphatic rings. The summed E-state index contributed by atoms with van der Waals surface area (Å²) in [5.74, 6) is 1.77. The van der Waals surface area contributed by atoms with Gasteiger partial charge in [-0.1, -0.05) is 97.1 Å². The number of fused-ring (bicyclic) bond motifs is 8. The number of anilines is 3. The summed E-state index contributed by atoms with van der Waals surface area (Å²) in [5.41, 5.74) is 9.63. The molecule has 0 radical (unpaired) electrons. The van der Waals surface area contributed by atoms with Crippen LogP contribution in [0.25, 0.3) is 59.0 Å². The number of allylic oxidation sites excluding steroid dienone is 1. The zero-order chi connectivity index (χ0) is 32.3. The molecule has 0 aliphatic carbocycles. The molecule has 0 saturated carbocycles. The van der Waals surface area contributed by atoms with Crippen molar-refractivity contribution in [3.8, 4) is 16.9 Å². The van der Waals surface area contributed by atoms with Crippen LogP contribution in [0.2, 0.25) is 0 Å². The first-order chi connectivity index (χ1) is 24.3. The van der Waals surface area contributed by atoms with Crippen molar-refractivity contribution in [2.45, 2.75) is 6.42 Å². The molecule has 0 unspecified atom stereocenters. The van der Waals surface area contributed by atoms with Crippen LogP contribution in [0.1, 0.15) is 11.1 Å². The maximum atomic E-state index is 6.48. The molecule has 3 nitrogen and oxygen atoms in total. The standard InChI is InChI=1S/C45H29NO2S/c1-3-9-29(10-4-1)30-15-17-32(18-16-30)46(34-19-21-36-35-13-7-8-14-43(35)49-44(36)28-34)33-20-23-41-38(27-33)45-37-22-24-39(31-11-5-2-6-12-31)47-40(37)25-26-42(45)48-41/h1-21,23-28H,22H2. The second-order valence-electron chi connectivity index (χ2n) is 12.5. The zero-order valence-electron chi connectivity index (χ0n) is 26.5. The molecule has 232 valence electrons. The molecule has 0 bridgehead atoms. The lowest BCUT2D eigenvalue weighted by atomic mass is 9.99. The van der Waals surface area contributed by atoms with Crippen LogP contribution in [-0.2, 0) is 6.42 Å². The van der Waals surface area contributed by atoms with Gasteiger partial charge in [-0.2, -0.15) is 0 Å². The predicted molar refractivity (Wildman–Crippen MR) is 205 cm³/mol. The molecule has 2 aromatic heterocycles. The van der Waals surface area contributed by atoms with Crippen molar-refractivity contribution in [3.63, 3.8) is 0 Å². The van der Waals surface area contributed by atoms with Gasteiger partial charge in [0.1, 0.15) is 22.7 Å². The summed E-state index contributed by atoms with van der Waals surface area (Å²) in [7, 11) is 0. The van der Waals surface area contributed by atoms with E-state index in [9.17, 15) is 0 Å². The maximum absolute atomic E-state index is 6.48. The van der Waals surface area contributed by atoms with E-state index in [0.717, 1.165) is 68.1 Å². The molecular formula is C45H29NO2S. The highest BCUT2D eigenvalue weighted by Crippen LogP contribution is 2.45. The largest absolute Gasteiger partial charge is 0.457 e. The topological polar surface area (TPSA) is 25.6 Å². The Morgan fingerprint density at radius 2 is 1.14 bits per heavy atom. The summed E-state index contributed by atoms with van der Waals surface area (Å²) in [6.07, 6.45) is 2.95.